The van der Waals surface area contributed by atoms with Gasteiger partial charge < -0.3 is 38.5 Å². The quantitative estimate of drug-likeness (QED) is 0.260. The van der Waals surface area contributed by atoms with Crippen molar-refractivity contribution in [1.29, 1.82) is 0 Å². The van der Waals surface area contributed by atoms with Crippen LogP contribution in [-0.4, -0.2) is 92.5 Å². The molecule has 0 spiro atoms. The van der Waals surface area contributed by atoms with Crippen molar-refractivity contribution in [3.8, 4) is 0 Å². The number of methoxy groups -OCH3 is 1. The van der Waals surface area contributed by atoms with Crippen molar-refractivity contribution in [1.82, 2.24) is 0 Å². The smallest absolute Gasteiger partial charge is 0.465 e. The van der Waals surface area contributed by atoms with E-state index in [1.807, 2.05) is 0 Å². The second kappa shape index (κ2) is 15.5. The summed E-state index contributed by atoms with van der Waals surface area (Å²) >= 11 is 0. The van der Waals surface area contributed by atoms with Crippen LogP contribution in [0.1, 0.15) is 39.7 Å². The first kappa shape index (κ1) is 35.9. The predicted octanol–water partition coefficient (Wildman–Crippen LogP) is 1.76. The first-order valence-electron chi connectivity index (χ1n) is 13.0. The fourth-order valence-corrected chi connectivity index (χ4v) is 4.21. The minimum absolute atomic E-state index is 0.0483. The minimum atomic E-state index is -5.07. The molecule has 1 amide bonds. The van der Waals surface area contributed by atoms with Crippen LogP contribution in [0.25, 0.3) is 0 Å². The van der Waals surface area contributed by atoms with E-state index in [0.717, 1.165) is 34.8 Å². The molecule has 2 rings (SSSR count). The van der Waals surface area contributed by atoms with Gasteiger partial charge in [-0.1, -0.05) is 12.1 Å². The summed E-state index contributed by atoms with van der Waals surface area (Å²) in [4.78, 5) is 71.8. The van der Waals surface area contributed by atoms with Crippen LogP contribution >= 0.6 is 0 Å². The number of halogens is 3. The summed E-state index contributed by atoms with van der Waals surface area (Å²) in [6.07, 6.45) is -11.6. The van der Waals surface area contributed by atoms with Gasteiger partial charge in [0.1, 0.15) is 18.8 Å². The zero-order valence-electron chi connectivity index (χ0n) is 24.4. The largest absolute Gasteiger partial charge is 0.471 e. The number of ether oxygens (including phenoxy) is 7. The number of alkyl halides is 3. The van der Waals surface area contributed by atoms with Gasteiger partial charge in [-0.3, -0.25) is 24.0 Å². The van der Waals surface area contributed by atoms with Crippen molar-refractivity contribution in [2.45, 2.75) is 76.9 Å². The van der Waals surface area contributed by atoms with Gasteiger partial charge >= 0.3 is 41.9 Å². The Labute approximate surface area is 249 Å². The Hall–Kier alpha value is -4.25. The van der Waals surface area contributed by atoms with Gasteiger partial charge in [-0.25, -0.2) is 4.79 Å². The van der Waals surface area contributed by atoms with E-state index in [9.17, 15) is 41.9 Å². The van der Waals surface area contributed by atoms with Crippen molar-refractivity contribution in [2.24, 2.45) is 0 Å². The molecule has 17 heteroatoms. The van der Waals surface area contributed by atoms with Crippen molar-refractivity contribution in [2.75, 3.05) is 25.6 Å². The zero-order chi connectivity index (χ0) is 33.2. The molecular formula is C27H32F3NO13. The number of carbonyl (C=O) groups is 6. The molecule has 1 aliphatic rings. The number of anilines is 1. The van der Waals surface area contributed by atoms with E-state index in [-0.39, 0.29) is 18.7 Å². The van der Waals surface area contributed by atoms with Crippen LogP contribution in [0.5, 0.6) is 0 Å². The molecule has 244 valence electrons. The Morgan fingerprint density at radius 1 is 0.955 bits per heavy atom. The summed E-state index contributed by atoms with van der Waals surface area (Å²) in [5.41, 5.74) is 0.385. The third kappa shape index (κ3) is 10.5. The number of hydrogen-bond donors (Lipinski definition) is 1. The molecule has 0 aliphatic carbocycles. The lowest BCUT2D eigenvalue weighted by Crippen LogP contribution is -2.65. The zero-order valence-corrected chi connectivity index (χ0v) is 24.4. The number of carbonyl (C=O) groups excluding carboxylic acids is 6. The highest BCUT2D eigenvalue weighted by Crippen LogP contribution is 2.37. The topological polar surface area (TPSA) is 179 Å². The Morgan fingerprint density at radius 2 is 1.57 bits per heavy atom. The molecule has 1 aromatic rings. The number of hydrogen-bond acceptors (Lipinski definition) is 13. The molecule has 0 unspecified atom stereocenters. The number of benzene rings is 1. The van der Waals surface area contributed by atoms with Crippen molar-refractivity contribution < 1.29 is 75.1 Å². The fraction of sp³-hybridized carbons (Fsp3) is 0.556. The van der Waals surface area contributed by atoms with Crippen LogP contribution in [0.3, 0.4) is 0 Å². The fourth-order valence-electron chi connectivity index (χ4n) is 4.21. The lowest BCUT2D eigenvalue weighted by molar-refractivity contribution is -0.327. The maximum absolute atomic E-state index is 13.1. The Balaban J connectivity index is 2.40. The van der Waals surface area contributed by atoms with Crippen LogP contribution in [0, 0.1) is 0 Å². The molecule has 14 nitrogen and oxygen atoms in total. The van der Waals surface area contributed by atoms with Crippen molar-refractivity contribution in [3.63, 3.8) is 0 Å². The maximum Gasteiger partial charge on any atom is 0.471 e. The van der Waals surface area contributed by atoms with E-state index in [4.69, 9.17) is 33.2 Å². The number of esters is 5. The first-order chi connectivity index (χ1) is 20.5. The Bertz CT molecular complexity index is 1220. The molecule has 1 N–H and O–H groups in total. The highest BCUT2D eigenvalue weighted by Gasteiger charge is 2.59. The predicted molar refractivity (Wildman–Crippen MR) is 138 cm³/mol. The van der Waals surface area contributed by atoms with E-state index >= 15 is 0 Å². The summed E-state index contributed by atoms with van der Waals surface area (Å²) in [5.74, 6) is -8.91. The summed E-state index contributed by atoms with van der Waals surface area (Å²) in [5, 5.41) is 1.71. The highest BCUT2D eigenvalue weighted by atomic mass is 19.4. The summed E-state index contributed by atoms with van der Waals surface area (Å²) in [6, 6.07) is 5.25. The van der Waals surface area contributed by atoms with Gasteiger partial charge in [0.15, 0.2) is 12.2 Å². The number of rotatable bonds is 12. The molecule has 0 radical (unpaired) electrons. The molecule has 5 atom stereocenters. The molecule has 0 aromatic heterocycles. The highest BCUT2D eigenvalue weighted by molar-refractivity contribution is 5.94. The summed E-state index contributed by atoms with van der Waals surface area (Å²) < 4.78 is 75.2. The summed E-state index contributed by atoms with van der Waals surface area (Å²) in [7, 11) is 1.02. The van der Waals surface area contributed by atoms with Crippen molar-refractivity contribution >= 4 is 41.4 Å². The second-order valence-electron chi connectivity index (χ2n) is 9.45. The minimum Gasteiger partial charge on any atom is -0.465 e. The molecule has 44 heavy (non-hydrogen) atoms. The normalized spacial score (nSPS) is 22.1. The standard InChI is InChI=1S/C27H32F3NO13/c1-14(32)39-13-21(42-16(3)34)23-22(43-17(4)35)20(41-15(2)33)12-26(44-23,25(37)38-5)40-11-10-18-6-8-19(9-7-18)31-24(36)27(28,29)30/h6-9,20-23H,10-13H2,1-5H3,(H,31,36)/t20-,21-,22-,23-,26+/m1/s1. The average Bonchev–Trinajstić information content (AvgIpc) is 2.91. The molecule has 1 heterocycles. The molecular weight excluding hydrogens is 603 g/mol. The van der Waals surface area contributed by atoms with Gasteiger partial charge in [0.05, 0.1) is 20.1 Å². The van der Waals surface area contributed by atoms with Gasteiger partial charge in [0, 0.05) is 33.4 Å². The van der Waals surface area contributed by atoms with E-state index in [1.165, 1.54) is 24.3 Å². The van der Waals surface area contributed by atoms with Gasteiger partial charge in [-0.2, -0.15) is 13.2 Å². The van der Waals surface area contributed by atoms with Crippen molar-refractivity contribution in [3.05, 3.63) is 29.8 Å². The molecule has 0 saturated carbocycles. The van der Waals surface area contributed by atoms with Gasteiger partial charge in [-0.05, 0) is 24.1 Å². The van der Waals surface area contributed by atoms with E-state index < -0.39 is 85.2 Å². The number of nitrogens with one attached hydrogen (secondary N) is 1. The summed E-state index contributed by atoms with van der Waals surface area (Å²) in [6.45, 7) is 3.32. The van der Waals surface area contributed by atoms with Crippen LogP contribution < -0.4 is 5.32 Å². The van der Waals surface area contributed by atoms with Crippen LogP contribution in [0.4, 0.5) is 18.9 Å². The number of amides is 1. The second-order valence-corrected chi connectivity index (χ2v) is 9.45. The first-order valence-corrected chi connectivity index (χ1v) is 13.0. The molecule has 1 aliphatic heterocycles. The molecule has 0 bridgehead atoms. The SMILES string of the molecule is COC(=O)[C@]1(OCCc2ccc(NC(=O)C(F)(F)F)cc2)C[C@@H](OC(C)=O)[C@@H](OC(C)=O)[C@@H]([C@@H](COC(C)=O)OC(C)=O)O1. The third-order valence-corrected chi connectivity index (χ3v) is 5.93. The molecule has 1 aromatic carbocycles. The average molecular weight is 636 g/mol. The van der Waals surface area contributed by atoms with E-state index in [1.54, 1.807) is 5.32 Å². The maximum atomic E-state index is 13.1. The Morgan fingerprint density at radius 3 is 2.07 bits per heavy atom. The molecule has 1 fully saturated rings. The van der Waals surface area contributed by atoms with E-state index in [2.05, 4.69) is 0 Å². The van der Waals surface area contributed by atoms with Crippen LogP contribution in [0.15, 0.2) is 24.3 Å². The van der Waals surface area contributed by atoms with Crippen LogP contribution in [-0.2, 0) is 68.3 Å². The van der Waals surface area contributed by atoms with Gasteiger partial charge in [0.2, 0.25) is 0 Å². The molecule has 1 saturated heterocycles. The Kier molecular flexibility index (Phi) is 12.6. The lowest BCUT2D eigenvalue weighted by Gasteiger charge is -2.46. The van der Waals surface area contributed by atoms with Crippen LogP contribution in [0.2, 0.25) is 0 Å². The van der Waals surface area contributed by atoms with Gasteiger partial charge in [0.25, 0.3) is 5.79 Å². The van der Waals surface area contributed by atoms with Gasteiger partial charge in [-0.15, -0.1) is 0 Å². The monoisotopic (exact) mass is 635 g/mol. The lowest BCUT2D eigenvalue weighted by atomic mass is 9.91. The van der Waals surface area contributed by atoms with E-state index in [0.29, 0.717) is 5.56 Å². The third-order valence-electron chi connectivity index (χ3n) is 5.93.